The molecular weight excluding hydrogens is 249 g/mol. The molecule has 1 saturated heterocycles. The van der Waals surface area contributed by atoms with Crippen LogP contribution in [0.5, 0.6) is 0 Å². The monoisotopic (exact) mass is 259 g/mol. The molecule has 0 N–H and O–H groups in total. The van der Waals surface area contributed by atoms with Crippen LogP contribution in [-0.2, 0) is 0 Å². The second-order valence-electron chi connectivity index (χ2n) is 2.98. The summed E-state index contributed by atoms with van der Waals surface area (Å²) >= 11 is 2.40. The van der Waals surface area contributed by atoms with Crippen molar-refractivity contribution in [1.29, 1.82) is 0 Å². The Kier molecular flexibility index (Phi) is 1.89. The average molecular weight is 259 g/mol. The van der Waals surface area contributed by atoms with Crippen LogP contribution in [0.2, 0.25) is 0 Å². The van der Waals surface area contributed by atoms with Crippen molar-refractivity contribution < 1.29 is 0 Å². The van der Waals surface area contributed by atoms with Crippen LogP contribution < -0.4 is 0 Å². The Morgan fingerprint density at radius 1 is 1.45 bits per heavy atom. The summed E-state index contributed by atoms with van der Waals surface area (Å²) in [5.41, 5.74) is 1.48. The molecule has 1 nitrogen and oxygen atoms in total. The third-order valence-corrected chi connectivity index (χ3v) is 3.11. The number of halogens is 1. The first-order valence-corrected chi connectivity index (χ1v) is 4.81. The van der Waals surface area contributed by atoms with Crippen molar-refractivity contribution in [2.45, 2.75) is 6.04 Å². The first-order valence-electron chi connectivity index (χ1n) is 3.73. The molecule has 1 fully saturated rings. The van der Waals surface area contributed by atoms with Crippen LogP contribution in [0.1, 0.15) is 11.6 Å². The van der Waals surface area contributed by atoms with Gasteiger partial charge in [-0.05, 0) is 41.3 Å². The van der Waals surface area contributed by atoms with Gasteiger partial charge in [0.1, 0.15) is 0 Å². The summed E-state index contributed by atoms with van der Waals surface area (Å²) in [6.07, 6.45) is 0. The minimum absolute atomic E-state index is 0.697. The van der Waals surface area contributed by atoms with Crippen molar-refractivity contribution in [1.82, 2.24) is 4.90 Å². The van der Waals surface area contributed by atoms with Gasteiger partial charge in [0.25, 0.3) is 0 Å². The summed E-state index contributed by atoms with van der Waals surface area (Å²) in [6, 6.07) is 9.29. The van der Waals surface area contributed by atoms with Gasteiger partial charge in [-0.1, -0.05) is 18.2 Å². The predicted molar refractivity (Wildman–Crippen MR) is 54.5 cm³/mol. The molecule has 0 amide bonds. The smallest absolute Gasteiger partial charge is 0.0483 e. The van der Waals surface area contributed by atoms with Gasteiger partial charge in [-0.25, -0.2) is 0 Å². The van der Waals surface area contributed by atoms with Crippen LogP contribution in [0.3, 0.4) is 0 Å². The fourth-order valence-corrected chi connectivity index (χ4v) is 2.05. The number of nitrogens with zero attached hydrogens (tertiary/aromatic N) is 1. The van der Waals surface area contributed by atoms with Crippen molar-refractivity contribution in [3.05, 3.63) is 33.4 Å². The third kappa shape index (κ3) is 1.42. The van der Waals surface area contributed by atoms with E-state index in [1.165, 1.54) is 15.7 Å². The van der Waals surface area contributed by atoms with Crippen molar-refractivity contribution >= 4 is 22.6 Å². The van der Waals surface area contributed by atoms with E-state index in [0.29, 0.717) is 6.04 Å². The maximum atomic E-state index is 2.40. The van der Waals surface area contributed by atoms with E-state index in [9.17, 15) is 0 Å². The van der Waals surface area contributed by atoms with Gasteiger partial charge in [-0.3, -0.25) is 4.90 Å². The number of likely N-dealkylation sites (N-methyl/N-ethyl adjacent to an activating group) is 1. The lowest BCUT2D eigenvalue weighted by atomic mass is 10.2. The lowest BCUT2D eigenvalue weighted by Gasteiger charge is -2.00. The molecule has 58 valence electrons. The van der Waals surface area contributed by atoms with E-state index in [-0.39, 0.29) is 0 Å². The lowest BCUT2D eigenvalue weighted by molar-refractivity contribution is 0.630. The van der Waals surface area contributed by atoms with Crippen molar-refractivity contribution in [2.24, 2.45) is 0 Å². The van der Waals surface area contributed by atoms with Crippen molar-refractivity contribution in [3.8, 4) is 0 Å². The summed E-state index contributed by atoms with van der Waals surface area (Å²) in [4.78, 5) is 2.34. The molecule has 1 unspecified atom stereocenters. The van der Waals surface area contributed by atoms with Crippen molar-refractivity contribution in [3.63, 3.8) is 0 Å². The van der Waals surface area contributed by atoms with Crippen LogP contribution in [0.15, 0.2) is 24.3 Å². The highest BCUT2D eigenvalue weighted by atomic mass is 127. The molecule has 2 atom stereocenters. The predicted octanol–water partition coefficient (Wildman–Crippen LogP) is 2.28. The molecule has 1 aromatic rings. The zero-order valence-corrected chi connectivity index (χ0v) is 8.58. The topological polar surface area (TPSA) is 3.01 Å². The van der Waals surface area contributed by atoms with Gasteiger partial charge in [0.15, 0.2) is 0 Å². The quantitative estimate of drug-likeness (QED) is 0.552. The Morgan fingerprint density at radius 2 is 2.09 bits per heavy atom. The molecule has 11 heavy (non-hydrogen) atoms. The number of hydrogen-bond donors (Lipinski definition) is 0. The van der Waals surface area contributed by atoms with E-state index in [4.69, 9.17) is 0 Å². The molecule has 0 aromatic heterocycles. The summed E-state index contributed by atoms with van der Waals surface area (Å²) in [6.45, 7) is 1.22. The minimum Gasteiger partial charge on any atom is -0.296 e. The summed E-state index contributed by atoms with van der Waals surface area (Å²) < 4.78 is 1.39. The van der Waals surface area contributed by atoms with Gasteiger partial charge in [0.05, 0.1) is 0 Å². The maximum Gasteiger partial charge on any atom is 0.0483 e. The van der Waals surface area contributed by atoms with E-state index in [0.717, 1.165) is 0 Å². The first-order chi connectivity index (χ1) is 5.29. The second kappa shape index (κ2) is 2.75. The SMILES string of the molecule is CN1C[C@H]1c1ccccc1I. The zero-order chi connectivity index (χ0) is 7.84. The van der Waals surface area contributed by atoms with Gasteiger partial charge in [0, 0.05) is 16.2 Å². The largest absolute Gasteiger partial charge is 0.296 e. The molecule has 1 aromatic carbocycles. The van der Waals surface area contributed by atoms with E-state index < -0.39 is 0 Å². The van der Waals surface area contributed by atoms with E-state index >= 15 is 0 Å². The molecule has 1 aliphatic heterocycles. The molecule has 2 heteroatoms. The highest BCUT2D eigenvalue weighted by Crippen LogP contribution is 2.34. The molecule has 0 spiro atoms. The fraction of sp³-hybridized carbons (Fsp3) is 0.333. The Labute approximate surface area is 80.5 Å². The Hall–Kier alpha value is -0.0900. The molecule has 1 heterocycles. The van der Waals surface area contributed by atoms with Crippen LogP contribution in [0, 0.1) is 3.57 Å². The van der Waals surface area contributed by atoms with Crippen LogP contribution in [0.25, 0.3) is 0 Å². The molecule has 0 aliphatic carbocycles. The fourth-order valence-electron chi connectivity index (χ4n) is 1.31. The highest BCUT2D eigenvalue weighted by Gasteiger charge is 2.32. The average Bonchev–Trinajstić information content (AvgIpc) is 2.68. The Bertz CT molecular complexity index is 272. The van der Waals surface area contributed by atoms with E-state index in [1.54, 1.807) is 0 Å². The molecule has 0 radical (unpaired) electrons. The summed E-state index contributed by atoms with van der Waals surface area (Å²) in [5, 5.41) is 0. The number of benzene rings is 1. The molecule has 0 bridgehead atoms. The number of hydrogen-bond acceptors (Lipinski definition) is 1. The standard InChI is InChI=1S/C9H10IN/c1-11-6-9(11)7-4-2-3-5-8(7)10/h2-5,9H,6H2,1H3/t9-,11?/m0/s1. The minimum atomic E-state index is 0.697. The van der Waals surface area contributed by atoms with Gasteiger partial charge >= 0.3 is 0 Å². The summed E-state index contributed by atoms with van der Waals surface area (Å²) in [7, 11) is 2.16. The molecule has 0 saturated carbocycles. The molecule has 1 aliphatic rings. The first kappa shape index (κ1) is 7.55. The molecular formula is C9H10IN. The van der Waals surface area contributed by atoms with Gasteiger partial charge < -0.3 is 0 Å². The zero-order valence-electron chi connectivity index (χ0n) is 6.42. The van der Waals surface area contributed by atoms with Crippen LogP contribution >= 0.6 is 22.6 Å². The van der Waals surface area contributed by atoms with Crippen LogP contribution in [-0.4, -0.2) is 18.5 Å². The van der Waals surface area contributed by atoms with Crippen LogP contribution in [0.4, 0.5) is 0 Å². The number of rotatable bonds is 1. The lowest BCUT2D eigenvalue weighted by Crippen LogP contribution is -1.90. The second-order valence-corrected chi connectivity index (χ2v) is 4.14. The van der Waals surface area contributed by atoms with Crippen molar-refractivity contribution in [2.75, 3.05) is 13.6 Å². The Balaban J connectivity index is 2.31. The van der Waals surface area contributed by atoms with Gasteiger partial charge in [0.2, 0.25) is 0 Å². The van der Waals surface area contributed by atoms with E-state index in [2.05, 4.69) is 58.8 Å². The third-order valence-electron chi connectivity index (χ3n) is 2.12. The van der Waals surface area contributed by atoms with Gasteiger partial charge in [-0.2, -0.15) is 0 Å². The normalized spacial score (nSPS) is 28.5. The highest BCUT2D eigenvalue weighted by molar-refractivity contribution is 14.1. The maximum absolute atomic E-state index is 2.40. The molecule has 2 rings (SSSR count). The van der Waals surface area contributed by atoms with Gasteiger partial charge in [-0.15, -0.1) is 0 Å². The summed E-state index contributed by atoms with van der Waals surface area (Å²) in [5.74, 6) is 0. The Morgan fingerprint density at radius 3 is 2.64 bits per heavy atom. The van der Waals surface area contributed by atoms with E-state index in [1.807, 2.05) is 0 Å².